The molecular weight excluding hydrogens is 312 g/mol. The molecule has 2 rings (SSSR count). The minimum Gasteiger partial charge on any atom is -0.316 e. The van der Waals surface area contributed by atoms with Gasteiger partial charge in [0.1, 0.15) is 0 Å². The summed E-state index contributed by atoms with van der Waals surface area (Å²) >= 11 is 3.50. The van der Waals surface area contributed by atoms with Crippen LogP contribution in [0, 0.1) is 0 Å². The van der Waals surface area contributed by atoms with E-state index in [0.29, 0.717) is 0 Å². The molecule has 0 aromatic heterocycles. The molecule has 0 aliphatic carbocycles. The van der Waals surface area contributed by atoms with Gasteiger partial charge in [0.25, 0.3) is 0 Å². The van der Waals surface area contributed by atoms with E-state index >= 15 is 0 Å². The van der Waals surface area contributed by atoms with Crippen molar-refractivity contribution in [3.63, 3.8) is 0 Å². The standard InChI is InChI=1S/C17H27BrN2/c1-17(2,14-6-8-15(18)9-7-14)13-19-12-10-16-5-3-4-11-20-16/h6-9,16,19-20H,3-5,10-13H2,1-2H3. The first-order valence-corrected chi connectivity index (χ1v) is 8.57. The van der Waals surface area contributed by atoms with Gasteiger partial charge in [-0.25, -0.2) is 0 Å². The van der Waals surface area contributed by atoms with Crippen LogP contribution in [0.3, 0.4) is 0 Å². The molecule has 2 N–H and O–H groups in total. The van der Waals surface area contributed by atoms with Crippen molar-refractivity contribution in [1.29, 1.82) is 0 Å². The molecule has 1 unspecified atom stereocenters. The monoisotopic (exact) mass is 338 g/mol. The molecule has 3 heteroatoms. The van der Waals surface area contributed by atoms with Crippen LogP contribution in [0.5, 0.6) is 0 Å². The van der Waals surface area contributed by atoms with Crippen LogP contribution in [0.1, 0.15) is 45.1 Å². The van der Waals surface area contributed by atoms with Gasteiger partial charge in [0.15, 0.2) is 0 Å². The molecule has 0 radical (unpaired) electrons. The van der Waals surface area contributed by atoms with E-state index in [1.807, 2.05) is 0 Å². The molecule has 0 spiro atoms. The van der Waals surface area contributed by atoms with Gasteiger partial charge in [-0.15, -0.1) is 0 Å². The van der Waals surface area contributed by atoms with Gasteiger partial charge in [0, 0.05) is 22.5 Å². The van der Waals surface area contributed by atoms with Crippen LogP contribution in [0.2, 0.25) is 0 Å². The van der Waals surface area contributed by atoms with E-state index in [9.17, 15) is 0 Å². The van der Waals surface area contributed by atoms with Crippen molar-refractivity contribution >= 4 is 15.9 Å². The number of benzene rings is 1. The van der Waals surface area contributed by atoms with Crippen molar-refractivity contribution < 1.29 is 0 Å². The van der Waals surface area contributed by atoms with Crippen molar-refractivity contribution in [3.8, 4) is 0 Å². The van der Waals surface area contributed by atoms with Gasteiger partial charge in [0.2, 0.25) is 0 Å². The number of hydrogen-bond acceptors (Lipinski definition) is 2. The maximum absolute atomic E-state index is 3.63. The van der Waals surface area contributed by atoms with Crippen LogP contribution in [-0.2, 0) is 5.41 Å². The molecule has 1 heterocycles. The van der Waals surface area contributed by atoms with E-state index in [0.717, 1.165) is 23.6 Å². The Kier molecular flexibility index (Phi) is 6.06. The number of piperidine rings is 1. The molecule has 1 aliphatic heterocycles. The summed E-state index contributed by atoms with van der Waals surface area (Å²) in [4.78, 5) is 0. The van der Waals surface area contributed by atoms with Gasteiger partial charge < -0.3 is 10.6 Å². The van der Waals surface area contributed by atoms with Gasteiger partial charge in [-0.3, -0.25) is 0 Å². The molecule has 0 saturated carbocycles. The average Bonchev–Trinajstić information content (AvgIpc) is 2.45. The largest absolute Gasteiger partial charge is 0.316 e. The minimum atomic E-state index is 0.181. The maximum atomic E-state index is 3.63. The maximum Gasteiger partial charge on any atom is 0.0175 e. The summed E-state index contributed by atoms with van der Waals surface area (Å²) < 4.78 is 1.15. The van der Waals surface area contributed by atoms with Crippen LogP contribution in [0.4, 0.5) is 0 Å². The zero-order chi connectivity index (χ0) is 14.4. The summed E-state index contributed by atoms with van der Waals surface area (Å²) in [5.74, 6) is 0. The minimum absolute atomic E-state index is 0.181. The Bertz CT molecular complexity index is 394. The van der Waals surface area contributed by atoms with E-state index in [1.165, 1.54) is 37.8 Å². The molecule has 20 heavy (non-hydrogen) atoms. The number of rotatable bonds is 6. The van der Waals surface area contributed by atoms with E-state index < -0.39 is 0 Å². The van der Waals surface area contributed by atoms with Gasteiger partial charge in [0.05, 0.1) is 0 Å². The summed E-state index contributed by atoms with van der Waals surface area (Å²) in [6, 6.07) is 9.42. The molecule has 1 saturated heterocycles. The molecule has 0 bridgehead atoms. The van der Waals surface area contributed by atoms with Crippen molar-refractivity contribution in [2.75, 3.05) is 19.6 Å². The Hall–Kier alpha value is -0.380. The lowest BCUT2D eigenvalue weighted by atomic mass is 9.84. The first-order valence-electron chi connectivity index (χ1n) is 7.78. The van der Waals surface area contributed by atoms with E-state index in [4.69, 9.17) is 0 Å². The quantitative estimate of drug-likeness (QED) is 0.770. The van der Waals surface area contributed by atoms with Crippen LogP contribution < -0.4 is 10.6 Å². The molecule has 2 nitrogen and oxygen atoms in total. The highest BCUT2D eigenvalue weighted by molar-refractivity contribution is 9.10. The van der Waals surface area contributed by atoms with Crippen LogP contribution in [0.15, 0.2) is 28.7 Å². The molecule has 1 aromatic carbocycles. The van der Waals surface area contributed by atoms with Crippen LogP contribution in [0.25, 0.3) is 0 Å². The highest BCUT2D eigenvalue weighted by Crippen LogP contribution is 2.24. The molecule has 112 valence electrons. The smallest absolute Gasteiger partial charge is 0.0175 e. The third-order valence-corrected chi connectivity index (χ3v) is 4.80. The van der Waals surface area contributed by atoms with Crippen LogP contribution in [-0.4, -0.2) is 25.7 Å². The zero-order valence-electron chi connectivity index (χ0n) is 12.7. The second kappa shape index (κ2) is 7.58. The highest BCUT2D eigenvalue weighted by Gasteiger charge is 2.20. The van der Waals surface area contributed by atoms with Crippen LogP contribution >= 0.6 is 15.9 Å². The third-order valence-electron chi connectivity index (χ3n) is 4.27. The van der Waals surface area contributed by atoms with Gasteiger partial charge in [-0.05, 0) is 50.0 Å². The summed E-state index contributed by atoms with van der Waals surface area (Å²) in [6.45, 7) is 7.96. The predicted octanol–water partition coefficient (Wildman–Crippen LogP) is 3.85. The summed E-state index contributed by atoms with van der Waals surface area (Å²) in [7, 11) is 0. The second-order valence-corrected chi connectivity index (χ2v) is 7.42. The van der Waals surface area contributed by atoms with E-state index in [2.05, 4.69) is 64.7 Å². The molecule has 1 fully saturated rings. The second-order valence-electron chi connectivity index (χ2n) is 6.50. The lowest BCUT2D eigenvalue weighted by Gasteiger charge is -2.27. The highest BCUT2D eigenvalue weighted by atomic mass is 79.9. The topological polar surface area (TPSA) is 24.1 Å². The molecule has 1 atom stereocenters. The molecular formula is C17H27BrN2. The summed E-state index contributed by atoms with van der Waals surface area (Å²) in [6.07, 6.45) is 5.33. The summed E-state index contributed by atoms with van der Waals surface area (Å²) in [5, 5.41) is 7.24. The zero-order valence-corrected chi connectivity index (χ0v) is 14.3. The lowest BCUT2D eigenvalue weighted by Crippen LogP contribution is -2.39. The van der Waals surface area contributed by atoms with Crippen molar-refractivity contribution in [2.24, 2.45) is 0 Å². The van der Waals surface area contributed by atoms with Crippen molar-refractivity contribution in [1.82, 2.24) is 10.6 Å². The Morgan fingerprint density at radius 3 is 2.65 bits per heavy atom. The first-order chi connectivity index (χ1) is 9.58. The van der Waals surface area contributed by atoms with Crippen molar-refractivity contribution in [2.45, 2.75) is 51.0 Å². The Labute approximate surface area is 131 Å². The normalized spacial score (nSPS) is 20.1. The summed E-state index contributed by atoms with van der Waals surface area (Å²) in [5.41, 5.74) is 1.57. The van der Waals surface area contributed by atoms with E-state index in [1.54, 1.807) is 0 Å². The average molecular weight is 339 g/mol. The number of halogens is 1. The van der Waals surface area contributed by atoms with Crippen molar-refractivity contribution in [3.05, 3.63) is 34.3 Å². The molecule has 1 aliphatic rings. The first kappa shape index (κ1) is 16.0. The number of nitrogens with one attached hydrogen (secondary N) is 2. The fraction of sp³-hybridized carbons (Fsp3) is 0.647. The Balaban J connectivity index is 1.73. The third kappa shape index (κ3) is 4.87. The van der Waals surface area contributed by atoms with Gasteiger partial charge in [-0.2, -0.15) is 0 Å². The number of hydrogen-bond donors (Lipinski definition) is 2. The SMILES string of the molecule is CC(C)(CNCCC1CCCCN1)c1ccc(Br)cc1. The predicted molar refractivity (Wildman–Crippen MR) is 90.3 cm³/mol. The van der Waals surface area contributed by atoms with Gasteiger partial charge >= 0.3 is 0 Å². The fourth-order valence-electron chi connectivity index (χ4n) is 2.85. The van der Waals surface area contributed by atoms with E-state index in [-0.39, 0.29) is 5.41 Å². The Morgan fingerprint density at radius 2 is 2.00 bits per heavy atom. The Morgan fingerprint density at radius 1 is 1.25 bits per heavy atom. The fourth-order valence-corrected chi connectivity index (χ4v) is 3.12. The molecule has 1 aromatic rings. The lowest BCUT2D eigenvalue weighted by molar-refractivity contribution is 0.368. The van der Waals surface area contributed by atoms with Gasteiger partial charge in [-0.1, -0.05) is 48.3 Å². The molecule has 0 amide bonds.